The van der Waals surface area contributed by atoms with Crippen molar-refractivity contribution in [3.63, 3.8) is 0 Å². The van der Waals surface area contributed by atoms with Crippen LogP contribution in [0.1, 0.15) is 26.3 Å². The van der Waals surface area contributed by atoms with Crippen LogP contribution in [0.3, 0.4) is 0 Å². The summed E-state index contributed by atoms with van der Waals surface area (Å²) in [5.41, 5.74) is 0.987. The zero-order valence-corrected chi connectivity index (χ0v) is 13.9. The maximum absolute atomic E-state index is 9.10. The van der Waals surface area contributed by atoms with Crippen LogP contribution in [0.5, 0.6) is 11.5 Å². The van der Waals surface area contributed by atoms with Gasteiger partial charge < -0.3 is 14.3 Å². The molecule has 1 N–H and O–H groups in total. The number of rotatable bonds is 5. The van der Waals surface area contributed by atoms with E-state index in [1.165, 1.54) is 0 Å². The van der Waals surface area contributed by atoms with Crippen LogP contribution in [0, 0.1) is 0 Å². The van der Waals surface area contributed by atoms with E-state index in [4.69, 9.17) is 14.3 Å². The first kappa shape index (κ1) is 16.1. The fourth-order valence-corrected chi connectivity index (χ4v) is 2.64. The third kappa shape index (κ3) is 3.73. The van der Waals surface area contributed by atoms with E-state index < -0.39 is 8.32 Å². The third-order valence-electron chi connectivity index (χ3n) is 3.82. The van der Waals surface area contributed by atoms with Gasteiger partial charge in [0.05, 0.1) is 7.11 Å². The number of para-hydroxylation sites is 1. The normalized spacial score (nSPS) is 12.4. The first-order chi connectivity index (χ1) is 8.73. The van der Waals surface area contributed by atoms with Gasteiger partial charge in [0.25, 0.3) is 8.32 Å². The molecule has 0 radical (unpaired) electrons. The summed E-state index contributed by atoms with van der Waals surface area (Å²) in [7, 11) is -0.234. The van der Waals surface area contributed by atoms with Crippen LogP contribution in [0.4, 0.5) is 0 Å². The Kier molecular flexibility index (Phi) is 5.04. The zero-order valence-electron chi connectivity index (χ0n) is 12.9. The largest absolute Gasteiger partial charge is 0.541 e. The van der Waals surface area contributed by atoms with Crippen LogP contribution < -0.4 is 9.16 Å². The highest BCUT2D eigenvalue weighted by Crippen LogP contribution is 2.40. The average Bonchev–Trinajstić information content (AvgIpc) is 2.28. The van der Waals surface area contributed by atoms with Crippen molar-refractivity contribution in [2.24, 2.45) is 0 Å². The Morgan fingerprint density at radius 3 is 2.32 bits per heavy atom. The van der Waals surface area contributed by atoms with Gasteiger partial charge in [-0.2, -0.15) is 0 Å². The van der Waals surface area contributed by atoms with Gasteiger partial charge in [0, 0.05) is 12.2 Å². The van der Waals surface area contributed by atoms with Crippen LogP contribution in [-0.2, 0) is 6.42 Å². The lowest BCUT2D eigenvalue weighted by atomic mass is 10.1. The second-order valence-electron chi connectivity index (χ2n) is 6.28. The lowest BCUT2D eigenvalue weighted by molar-refractivity contribution is 0.296. The van der Waals surface area contributed by atoms with Gasteiger partial charge in [0.2, 0.25) is 0 Å². The molecule has 0 bridgehead atoms. The molecule has 0 saturated carbocycles. The minimum absolute atomic E-state index is 0.111. The van der Waals surface area contributed by atoms with Crippen molar-refractivity contribution in [3.8, 4) is 11.5 Å². The first-order valence-electron chi connectivity index (χ1n) is 6.68. The fraction of sp³-hybridized carbons (Fsp3) is 0.600. The molecule has 3 nitrogen and oxygen atoms in total. The molecule has 0 aliphatic carbocycles. The third-order valence-corrected chi connectivity index (χ3v) is 8.16. The Hall–Kier alpha value is -1.00. The summed E-state index contributed by atoms with van der Waals surface area (Å²) in [5, 5.41) is 9.25. The molecule has 0 spiro atoms. The quantitative estimate of drug-likeness (QED) is 0.838. The van der Waals surface area contributed by atoms with Crippen LogP contribution in [0.25, 0.3) is 0 Å². The second-order valence-corrected chi connectivity index (χ2v) is 11.0. The summed E-state index contributed by atoms with van der Waals surface area (Å²) >= 11 is 0. The minimum Gasteiger partial charge on any atom is -0.541 e. The van der Waals surface area contributed by atoms with Crippen LogP contribution in [0.15, 0.2) is 18.2 Å². The van der Waals surface area contributed by atoms with Gasteiger partial charge >= 0.3 is 0 Å². The summed E-state index contributed by atoms with van der Waals surface area (Å²) in [6.07, 6.45) is 0.581. The van der Waals surface area contributed by atoms with Gasteiger partial charge in [-0.3, -0.25) is 0 Å². The smallest absolute Gasteiger partial charge is 0.250 e. The van der Waals surface area contributed by atoms with Crippen molar-refractivity contribution in [2.45, 2.75) is 45.3 Å². The van der Waals surface area contributed by atoms with Crippen molar-refractivity contribution in [1.82, 2.24) is 0 Å². The number of aliphatic hydroxyl groups is 1. The summed E-state index contributed by atoms with van der Waals surface area (Å²) < 4.78 is 11.8. The molecular formula is C15H26O3Si. The van der Waals surface area contributed by atoms with E-state index in [1.807, 2.05) is 18.2 Å². The number of benzene rings is 1. The molecule has 0 atom stereocenters. The Balaban J connectivity index is 3.11. The first-order valence-corrected chi connectivity index (χ1v) is 9.59. The summed E-state index contributed by atoms with van der Waals surface area (Å²) in [5.74, 6) is 1.54. The van der Waals surface area contributed by atoms with Gasteiger partial charge in [-0.1, -0.05) is 32.9 Å². The maximum Gasteiger partial charge on any atom is 0.250 e. The SMILES string of the molecule is COc1c(CCO)cccc1O[Si](C)(C)C(C)(C)C. The molecule has 1 aromatic carbocycles. The highest BCUT2D eigenvalue weighted by atomic mass is 28.4. The maximum atomic E-state index is 9.10. The number of methoxy groups -OCH3 is 1. The van der Waals surface area contributed by atoms with E-state index in [1.54, 1.807) is 7.11 Å². The highest BCUT2D eigenvalue weighted by Gasteiger charge is 2.39. The number of ether oxygens (including phenoxy) is 1. The number of hydrogen-bond donors (Lipinski definition) is 1. The molecule has 1 rings (SSSR count). The molecule has 0 heterocycles. The molecule has 0 amide bonds. The van der Waals surface area contributed by atoms with Gasteiger partial charge in [-0.15, -0.1) is 0 Å². The minimum atomic E-state index is -1.88. The van der Waals surface area contributed by atoms with E-state index in [0.717, 1.165) is 17.1 Å². The highest BCUT2D eigenvalue weighted by molar-refractivity contribution is 6.74. The van der Waals surface area contributed by atoms with E-state index in [9.17, 15) is 0 Å². The van der Waals surface area contributed by atoms with Crippen LogP contribution >= 0.6 is 0 Å². The monoisotopic (exact) mass is 282 g/mol. The van der Waals surface area contributed by atoms with Crippen molar-refractivity contribution in [2.75, 3.05) is 13.7 Å². The fourth-order valence-electron chi connectivity index (χ4n) is 1.62. The Bertz CT molecular complexity index is 422. The van der Waals surface area contributed by atoms with Crippen LogP contribution in [-0.4, -0.2) is 27.1 Å². The lowest BCUT2D eigenvalue weighted by Crippen LogP contribution is -2.43. The molecule has 0 aliphatic rings. The van der Waals surface area contributed by atoms with Crippen molar-refractivity contribution in [1.29, 1.82) is 0 Å². The van der Waals surface area contributed by atoms with E-state index >= 15 is 0 Å². The Morgan fingerprint density at radius 2 is 1.84 bits per heavy atom. The van der Waals surface area contributed by atoms with Gasteiger partial charge in [-0.25, -0.2) is 0 Å². The topological polar surface area (TPSA) is 38.7 Å². The number of hydrogen-bond acceptors (Lipinski definition) is 3. The Labute approximate surface area is 117 Å². The van der Waals surface area contributed by atoms with E-state index in [2.05, 4.69) is 33.9 Å². The molecule has 19 heavy (non-hydrogen) atoms. The summed E-state index contributed by atoms with van der Waals surface area (Å²) in [4.78, 5) is 0. The average molecular weight is 282 g/mol. The molecule has 0 fully saturated rings. The molecule has 4 heteroatoms. The molecule has 0 aromatic heterocycles. The van der Waals surface area contributed by atoms with Crippen molar-refractivity contribution < 1.29 is 14.3 Å². The zero-order chi connectivity index (χ0) is 14.7. The van der Waals surface area contributed by atoms with Crippen molar-refractivity contribution >= 4 is 8.32 Å². The Morgan fingerprint density at radius 1 is 1.21 bits per heavy atom. The van der Waals surface area contributed by atoms with Crippen molar-refractivity contribution in [3.05, 3.63) is 23.8 Å². The molecule has 1 aromatic rings. The molecule has 0 aliphatic heterocycles. The predicted molar refractivity (Wildman–Crippen MR) is 81.6 cm³/mol. The lowest BCUT2D eigenvalue weighted by Gasteiger charge is -2.37. The molecule has 108 valence electrons. The summed E-state index contributed by atoms with van der Waals surface area (Å²) in [6, 6.07) is 5.86. The number of aliphatic hydroxyl groups excluding tert-OH is 1. The molecule has 0 unspecified atom stereocenters. The summed E-state index contributed by atoms with van der Waals surface area (Å²) in [6.45, 7) is 11.2. The molecular weight excluding hydrogens is 256 g/mol. The van der Waals surface area contributed by atoms with E-state index in [-0.39, 0.29) is 11.6 Å². The van der Waals surface area contributed by atoms with Crippen LogP contribution in [0.2, 0.25) is 18.1 Å². The second kappa shape index (κ2) is 5.97. The standard InChI is InChI=1S/C15H26O3Si/c1-15(2,3)19(5,6)18-13-9-7-8-12(10-11-16)14(13)17-4/h7-9,16H,10-11H2,1-6H3. The van der Waals surface area contributed by atoms with E-state index in [0.29, 0.717) is 6.42 Å². The van der Waals surface area contributed by atoms with Gasteiger partial charge in [-0.05, 0) is 30.6 Å². The van der Waals surface area contributed by atoms with Gasteiger partial charge in [0.15, 0.2) is 5.75 Å². The van der Waals surface area contributed by atoms with Gasteiger partial charge in [0.1, 0.15) is 5.75 Å². The molecule has 0 saturated heterocycles. The predicted octanol–water partition coefficient (Wildman–Crippen LogP) is 3.61.